The fourth-order valence-electron chi connectivity index (χ4n) is 2.33. The van der Waals surface area contributed by atoms with Gasteiger partial charge in [-0.25, -0.2) is 4.90 Å². The van der Waals surface area contributed by atoms with Crippen LogP contribution in [0.1, 0.15) is 6.42 Å². The number of hydrogen-bond donors (Lipinski definition) is 3. The highest BCUT2D eigenvalue weighted by molar-refractivity contribution is 7.71. The van der Waals surface area contributed by atoms with E-state index in [2.05, 4.69) is 15.3 Å². The Morgan fingerprint density at radius 2 is 1.86 bits per heavy atom. The Morgan fingerprint density at radius 3 is 2.55 bits per heavy atom. The van der Waals surface area contributed by atoms with Crippen LogP contribution in [0.15, 0.2) is 41.2 Å². The lowest BCUT2D eigenvalue weighted by Crippen LogP contribution is -2.35. The van der Waals surface area contributed by atoms with E-state index in [-0.39, 0.29) is 28.6 Å². The molecular weight excluding hydrogens is 304 g/mol. The molecule has 1 fully saturated rings. The van der Waals surface area contributed by atoms with Crippen molar-refractivity contribution < 1.29 is 9.59 Å². The molecule has 1 saturated heterocycles. The third-order valence-electron chi connectivity index (χ3n) is 3.25. The summed E-state index contributed by atoms with van der Waals surface area (Å²) < 4.78 is 0.145. The third kappa shape index (κ3) is 2.68. The average molecular weight is 316 g/mol. The number of rotatable bonds is 3. The van der Waals surface area contributed by atoms with Crippen LogP contribution in [0.5, 0.6) is 0 Å². The van der Waals surface area contributed by atoms with Gasteiger partial charge in [0.25, 0.3) is 11.5 Å². The van der Waals surface area contributed by atoms with Gasteiger partial charge in [-0.2, -0.15) is 0 Å². The van der Waals surface area contributed by atoms with Crippen molar-refractivity contribution in [1.82, 2.24) is 9.97 Å². The van der Waals surface area contributed by atoms with Gasteiger partial charge in [-0.1, -0.05) is 18.2 Å². The molecule has 1 aromatic carbocycles. The summed E-state index contributed by atoms with van der Waals surface area (Å²) in [5.74, 6) is -0.359. The highest BCUT2D eigenvalue weighted by Crippen LogP contribution is 2.23. The molecule has 1 aliphatic heterocycles. The van der Waals surface area contributed by atoms with Crippen molar-refractivity contribution >= 4 is 35.5 Å². The van der Waals surface area contributed by atoms with E-state index in [0.29, 0.717) is 11.5 Å². The summed E-state index contributed by atoms with van der Waals surface area (Å²) in [5.41, 5.74) is 0.142. The van der Waals surface area contributed by atoms with Gasteiger partial charge >= 0.3 is 0 Å². The molecule has 2 amide bonds. The molecule has 2 aromatic rings. The summed E-state index contributed by atoms with van der Waals surface area (Å²) >= 11 is 4.87. The van der Waals surface area contributed by atoms with Crippen LogP contribution in [0.25, 0.3) is 0 Å². The molecule has 3 rings (SSSR count). The van der Waals surface area contributed by atoms with Crippen molar-refractivity contribution in [2.75, 3.05) is 10.2 Å². The first-order valence-corrected chi connectivity index (χ1v) is 6.97. The molecule has 1 aliphatic rings. The second-order valence-corrected chi connectivity index (χ2v) is 5.21. The molecule has 0 aliphatic carbocycles. The van der Waals surface area contributed by atoms with Gasteiger partial charge in [-0.05, 0) is 24.4 Å². The lowest BCUT2D eigenvalue weighted by molar-refractivity contribution is -0.121. The summed E-state index contributed by atoms with van der Waals surface area (Å²) in [5, 5.41) is 2.85. The SMILES string of the molecule is O=C1C[C@@H](Nc2cc(=O)[nH]c(=S)[nH]2)C(=O)N1c1ccccc1. The molecule has 0 unspecified atom stereocenters. The fourth-order valence-corrected chi connectivity index (χ4v) is 2.54. The Morgan fingerprint density at radius 1 is 1.14 bits per heavy atom. The first-order valence-electron chi connectivity index (χ1n) is 6.56. The number of aromatic nitrogens is 2. The molecule has 0 bridgehead atoms. The molecular formula is C14H12N4O3S. The quantitative estimate of drug-likeness (QED) is 0.583. The Hall–Kier alpha value is -2.74. The monoisotopic (exact) mass is 316 g/mol. The third-order valence-corrected chi connectivity index (χ3v) is 3.46. The predicted molar refractivity (Wildman–Crippen MR) is 83.2 cm³/mol. The van der Waals surface area contributed by atoms with E-state index in [4.69, 9.17) is 12.2 Å². The minimum absolute atomic E-state index is 0.0150. The number of H-pyrrole nitrogens is 2. The summed E-state index contributed by atoms with van der Waals surface area (Å²) in [6, 6.07) is 9.21. The summed E-state index contributed by atoms with van der Waals surface area (Å²) in [7, 11) is 0. The van der Waals surface area contributed by atoms with Crippen molar-refractivity contribution in [2.24, 2.45) is 0 Å². The molecule has 2 heterocycles. The minimum Gasteiger partial charge on any atom is -0.359 e. The smallest absolute Gasteiger partial charge is 0.256 e. The van der Waals surface area contributed by atoms with Crippen LogP contribution in [0.3, 0.4) is 0 Å². The van der Waals surface area contributed by atoms with Crippen LogP contribution in [0.4, 0.5) is 11.5 Å². The topological polar surface area (TPSA) is 98.1 Å². The molecule has 8 heteroatoms. The maximum atomic E-state index is 12.4. The molecule has 1 atom stereocenters. The van der Waals surface area contributed by atoms with Crippen molar-refractivity contribution in [2.45, 2.75) is 12.5 Å². The van der Waals surface area contributed by atoms with Crippen LogP contribution >= 0.6 is 12.2 Å². The van der Waals surface area contributed by atoms with Crippen molar-refractivity contribution in [3.05, 3.63) is 51.5 Å². The molecule has 1 aromatic heterocycles. The number of imide groups is 1. The van der Waals surface area contributed by atoms with Crippen molar-refractivity contribution in [3.63, 3.8) is 0 Å². The van der Waals surface area contributed by atoms with E-state index in [1.54, 1.807) is 30.3 Å². The highest BCUT2D eigenvalue weighted by atomic mass is 32.1. The second kappa shape index (κ2) is 5.57. The lowest BCUT2D eigenvalue weighted by atomic mass is 10.2. The van der Waals surface area contributed by atoms with Crippen LogP contribution in [0.2, 0.25) is 0 Å². The second-order valence-electron chi connectivity index (χ2n) is 4.81. The standard InChI is InChI=1S/C14H12N4O3S/c19-11-7-10(16-14(22)17-11)15-9-6-12(20)18(13(9)21)8-4-2-1-3-5-8/h1-5,7,9H,6H2,(H3,15,16,17,19,22)/t9-/m1/s1. The zero-order valence-corrected chi connectivity index (χ0v) is 12.1. The number of carbonyl (C=O) groups excluding carboxylic acids is 2. The number of carbonyl (C=O) groups is 2. The number of anilines is 2. The van der Waals surface area contributed by atoms with Gasteiger partial charge in [0.15, 0.2) is 4.77 Å². The van der Waals surface area contributed by atoms with E-state index in [1.807, 2.05) is 0 Å². The maximum absolute atomic E-state index is 12.4. The van der Waals surface area contributed by atoms with E-state index in [9.17, 15) is 14.4 Å². The molecule has 7 nitrogen and oxygen atoms in total. The number of hydrogen-bond acceptors (Lipinski definition) is 5. The molecule has 0 spiro atoms. The number of nitrogens with one attached hydrogen (secondary N) is 3. The Kier molecular flexibility index (Phi) is 3.60. The Bertz CT molecular complexity index is 815. The molecule has 112 valence electrons. The first kappa shape index (κ1) is 14.2. The van der Waals surface area contributed by atoms with Gasteiger partial charge in [0.2, 0.25) is 5.91 Å². The van der Waals surface area contributed by atoms with Gasteiger partial charge in [-0.15, -0.1) is 0 Å². The first-order chi connectivity index (χ1) is 10.5. The highest BCUT2D eigenvalue weighted by Gasteiger charge is 2.39. The normalized spacial score (nSPS) is 17.8. The largest absolute Gasteiger partial charge is 0.359 e. The minimum atomic E-state index is -0.736. The van der Waals surface area contributed by atoms with Gasteiger partial charge in [-0.3, -0.25) is 19.4 Å². The molecule has 0 saturated carbocycles. The van der Waals surface area contributed by atoms with E-state index in [0.717, 1.165) is 4.90 Å². The molecule has 3 N–H and O–H groups in total. The van der Waals surface area contributed by atoms with Crippen LogP contribution in [-0.2, 0) is 9.59 Å². The Balaban J connectivity index is 1.85. The number of aromatic amines is 2. The summed E-state index contributed by atoms with van der Waals surface area (Å²) in [6.07, 6.45) is 0.0150. The number of benzene rings is 1. The van der Waals surface area contributed by atoms with Crippen molar-refractivity contribution in [3.8, 4) is 0 Å². The van der Waals surface area contributed by atoms with Crippen LogP contribution in [0, 0.1) is 4.77 Å². The number of para-hydroxylation sites is 1. The number of amides is 2. The average Bonchev–Trinajstić information content (AvgIpc) is 2.73. The van der Waals surface area contributed by atoms with E-state index >= 15 is 0 Å². The van der Waals surface area contributed by atoms with E-state index in [1.165, 1.54) is 6.07 Å². The van der Waals surface area contributed by atoms with E-state index < -0.39 is 6.04 Å². The van der Waals surface area contributed by atoms with Gasteiger partial charge in [0, 0.05) is 6.07 Å². The number of nitrogens with zero attached hydrogens (tertiary/aromatic N) is 1. The predicted octanol–water partition coefficient (Wildman–Crippen LogP) is 1.18. The van der Waals surface area contributed by atoms with Gasteiger partial charge in [0.1, 0.15) is 11.9 Å². The zero-order chi connectivity index (χ0) is 15.7. The van der Waals surface area contributed by atoms with Crippen LogP contribution < -0.4 is 15.8 Å². The zero-order valence-electron chi connectivity index (χ0n) is 11.3. The lowest BCUT2D eigenvalue weighted by Gasteiger charge is -2.15. The summed E-state index contributed by atoms with van der Waals surface area (Å²) in [6.45, 7) is 0. The van der Waals surface area contributed by atoms with Gasteiger partial charge in [0.05, 0.1) is 12.1 Å². The molecule has 22 heavy (non-hydrogen) atoms. The van der Waals surface area contributed by atoms with Crippen LogP contribution in [-0.4, -0.2) is 27.8 Å². The van der Waals surface area contributed by atoms with Crippen molar-refractivity contribution in [1.29, 1.82) is 0 Å². The molecule has 0 radical (unpaired) electrons. The Labute approximate surface area is 130 Å². The fraction of sp³-hybridized carbons (Fsp3) is 0.143. The summed E-state index contributed by atoms with van der Waals surface area (Å²) in [4.78, 5) is 42.1. The van der Waals surface area contributed by atoms with Gasteiger partial charge < -0.3 is 10.3 Å². The maximum Gasteiger partial charge on any atom is 0.256 e.